The molecule has 0 unspecified atom stereocenters. The Hall–Kier alpha value is -5.34. The first kappa shape index (κ1) is 72.8. The molecule has 2 fully saturated rings. The van der Waals surface area contributed by atoms with Gasteiger partial charge in [0.25, 0.3) is 0 Å². The van der Waals surface area contributed by atoms with Gasteiger partial charge >= 0.3 is 0 Å². The maximum absolute atomic E-state index is 14.3. The molecular formula is C61H111N11O10. The van der Waals surface area contributed by atoms with Gasteiger partial charge in [-0.25, -0.2) is 0 Å². The standard InChI is InChI=1S/C61H111N11O10/c1-17-19-21-22-23-25-28-43(63-54(79)47-29-26-35-72(47)49(74)30-24-20-18-2)50(75)64-45(37-41(5)6)52(77)68-59(11,12)56(81)66-44(36-40(3)4)51(76)65-46(38-42(7)8)53(78)69-60(13,14)57(82)70-58(9,10)55(80)62-34-31-48(73)67-61(32-27-33-61)39-71(15)16/h40-47H,17-39H2,1-16H3,(H,62,80)(H,63,79)(H,64,75)(H,65,76)(H,66,81)(H,67,73)(H,68,77)(H,69,78)(H,70,82)/t43-,44-,45-,46-,47-/m0/s1. The Kier molecular flexibility index (Phi) is 30.6. The van der Waals surface area contributed by atoms with Gasteiger partial charge < -0.3 is 57.7 Å². The lowest BCUT2D eigenvalue weighted by atomic mass is 9.76. The van der Waals surface area contributed by atoms with Gasteiger partial charge in [-0.05, 0) is 138 Å². The van der Waals surface area contributed by atoms with Crippen LogP contribution in [-0.2, 0) is 47.9 Å². The van der Waals surface area contributed by atoms with Gasteiger partial charge in [-0.1, -0.05) is 107 Å². The third-order valence-electron chi connectivity index (χ3n) is 15.3. The zero-order valence-electron chi connectivity index (χ0n) is 53.4. The summed E-state index contributed by atoms with van der Waals surface area (Å²) in [6.45, 7) is 25.7. The molecule has 1 heterocycles. The van der Waals surface area contributed by atoms with E-state index in [1.54, 1.807) is 4.90 Å². The molecule has 82 heavy (non-hydrogen) atoms. The molecule has 9 N–H and O–H groups in total. The predicted molar refractivity (Wildman–Crippen MR) is 321 cm³/mol. The number of nitrogens with zero attached hydrogens (tertiary/aromatic N) is 2. The van der Waals surface area contributed by atoms with Crippen molar-refractivity contribution in [2.45, 2.75) is 278 Å². The van der Waals surface area contributed by atoms with Crippen LogP contribution in [0.3, 0.4) is 0 Å². The molecule has 5 atom stereocenters. The van der Waals surface area contributed by atoms with Crippen LogP contribution in [0.1, 0.15) is 225 Å². The average molecular weight is 1160 g/mol. The van der Waals surface area contributed by atoms with E-state index in [0.29, 0.717) is 38.6 Å². The minimum atomic E-state index is -1.62. The molecule has 0 aromatic rings. The van der Waals surface area contributed by atoms with Crippen LogP contribution in [0.15, 0.2) is 0 Å². The maximum atomic E-state index is 14.3. The van der Waals surface area contributed by atoms with Crippen LogP contribution in [0.4, 0.5) is 0 Å². The van der Waals surface area contributed by atoms with Crippen molar-refractivity contribution in [3.05, 3.63) is 0 Å². The van der Waals surface area contributed by atoms with Crippen molar-refractivity contribution in [1.29, 1.82) is 0 Å². The number of amides is 10. The minimum absolute atomic E-state index is 0.0516. The Balaban J connectivity index is 2.21. The van der Waals surface area contributed by atoms with E-state index in [4.69, 9.17) is 0 Å². The van der Waals surface area contributed by atoms with Gasteiger partial charge in [0.2, 0.25) is 59.1 Å². The molecule has 0 spiro atoms. The largest absolute Gasteiger partial charge is 0.354 e. The quantitative estimate of drug-likeness (QED) is 0.0364. The van der Waals surface area contributed by atoms with E-state index in [1.165, 1.54) is 41.5 Å². The van der Waals surface area contributed by atoms with Gasteiger partial charge in [0.05, 0.1) is 5.54 Å². The number of unbranched alkanes of at least 4 members (excludes halogenated alkanes) is 7. The highest BCUT2D eigenvalue weighted by atomic mass is 16.2. The van der Waals surface area contributed by atoms with E-state index in [1.807, 2.05) is 60.5 Å². The van der Waals surface area contributed by atoms with E-state index in [2.05, 4.69) is 61.7 Å². The number of carbonyl (C=O) groups excluding carboxylic acids is 10. The molecular weight excluding hydrogens is 1050 g/mol. The van der Waals surface area contributed by atoms with Crippen LogP contribution in [0.25, 0.3) is 0 Å². The molecule has 21 heteroatoms. The van der Waals surface area contributed by atoms with E-state index < -0.39 is 94.1 Å². The first-order valence-electron chi connectivity index (χ1n) is 30.9. The number of rotatable bonds is 38. The highest BCUT2D eigenvalue weighted by Crippen LogP contribution is 2.32. The third kappa shape index (κ3) is 25.3. The Morgan fingerprint density at radius 3 is 1.51 bits per heavy atom. The Bertz CT molecular complexity index is 2120. The van der Waals surface area contributed by atoms with Crippen molar-refractivity contribution in [1.82, 2.24) is 57.7 Å². The first-order valence-corrected chi connectivity index (χ1v) is 30.9. The summed E-state index contributed by atoms with van der Waals surface area (Å²) in [7, 11) is 3.92. The second-order valence-corrected chi connectivity index (χ2v) is 26.6. The molecule has 1 aliphatic heterocycles. The van der Waals surface area contributed by atoms with Crippen molar-refractivity contribution in [2.24, 2.45) is 17.8 Å². The topological polar surface area (TPSA) is 285 Å². The predicted octanol–water partition coefficient (Wildman–Crippen LogP) is 5.18. The lowest BCUT2D eigenvalue weighted by Gasteiger charge is -2.44. The SMILES string of the molecule is CCCCCCCC[C@H](NC(=O)[C@@H]1CCCN1C(=O)CCCCC)C(=O)N[C@@H](CC(C)C)C(=O)NC(C)(C)C(=O)N[C@@H](CC(C)C)C(=O)N[C@@H](CC(C)C)C(=O)NC(C)(C)C(=O)NC(C)(C)C(=O)NCCC(=O)NC1(CN(C)C)CCC1. The summed E-state index contributed by atoms with van der Waals surface area (Å²) in [5.74, 6) is -5.35. The Morgan fingerprint density at radius 1 is 0.537 bits per heavy atom. The maximum Gasteiger partial charge on any atom is 0.246 e. The van der Waals surface area contributed by atoms with Gasteiger partial charge in [0.15, 0.2) is 0 Å². The van der Waals surface area contributed by atoms with Crippen molar-refractivity contribution in [3.63, 3.8) is 0 Å². The molecule has 21 nitrogen and oxygen atoms in total. The highest BCUT2D eigenvalue weighted by Gasteiger charge is 2.42. The Morgan fingerprint density at radius 2 is 1.01 bits per heavy atom. The van der Waals surface area contributed by atoms with Crippen LogP contribution in [-0.4, -0.2) is 155 Å². The van der Waals surface area contributed by atoms with Crippen molar-refractivity contribution in [2.75, 3.05) is 33.7 Å². The summed E-state index contributed by atoms with van der Waals surface area (Å²) in [4.78, 5) is 142. The van der Waals surface area contributed by atoms with E-state index in [-0.39, 0.29) is 67.3 Å². The van der Waals surface area contributed by atoms with Crippen LogP contribution >= 0.6 is 0 Å². The fourth-order valence-electron chi connectivity index (χ4n) is 10.5. The smallest absolute Gasteiger partial charge is 0.246 e. The van der Waals surface area contributed by atoms with Crippen LogP contribution < -0.4 is 47.9 Å². The summed E-state index contributed by atoms with van der Waals surface area (Å²) >= 11 is 0. The van der Waals surface area contributed by atoms with Gasteiger partial charge in [0, 0.05) is 32.5 Å². The van der Waals surface area contributed by atoms with Crippen LogP contribution in [0, 0.1) is 17.8 Å². The molecule has 1 saturated carbocycles. The monoisotopic (exact) mass is 1160 g/mol. The second-order valence-electron chi connectivity index (χ2n) is 26.6. The summed E-state index contributed by atoms with van der Waals surface area (Å²) < 4.78 is 0. The summed E-state index contributed by atoms with van der Waals surface area (Å²) in [5.41, 5.74) is -4.90. The fraction of sp³-hybridized carbons (Fsp3) is 0.836. The fourth-order valence-corrected chi connectivity index (χ4v) is 10.5. The van der Waals surface area contributed by atoms with E-state index in [9.17, 15) is 47.9 Å². The molecule has 10 amide bonds. The lowest BCUT2D eigenvalue weighted by molar-refractivity contribution is -0.140. The highest BCUT2D eigenvalue weighted by molar-refractivity contribution is 6.00. The third-order valence-corrected chi connectivity index (χ3v) is 15.3. The molecule has 1 saturated heterocycles. The van der Waals surface area contributed by atoms with Gasteiger partial charge in [-0.3, -0.25) is 47.9 Å². The number of hydrogen-bond acceptors (Lipinski definition) is 11. The Labute approximate surface area is 492 Å². The zero-order valence-corrected chi connectivity index (χ0v) is 53.4. The first-order chi connectivity index (χ1) is 38.2. The minimum Gasteiger partial charge on any atom is -0.354 e. The van der Waals surface area contributed by atoms with Crippen molar-refractivity contribution in [3.8, 4) is 0 Å². The zero-order chi connectivity index (χ0) is 62.2. The molecule has 0 aromatic carbocycles. The summed E-state index contributed by atoms with van der Waals surface area (Å²) in [6.07, 6.45) is 13.6. The molecule has 0 radical (unpaired) electrons. The van der Waals surface area contributed by atoms with E-state index in [0.717, 1.165) is 77.2 Å². The number of nitrogens with one attached hydrogen (secondary N) is 9. The van der Waals surface area contributed by atoms with Crippen molar-refractivity contribution >= 4 is 59.1 Å². The number of hydrogen-bond donors (Lipinski definition) is 9. The molecule has 470 valence electrons. The van der Waals surface area contributed by atoms with Gasteiger partial charge in [-0.15, -0.1) is 0 Å². The number of likely N-dealkylation sites (tertiary alicyclic amines) is 1. The van der Waals surface area contributed by atoms with Gasteiger partial charge in [-0.2, -0.15) is 0 Å². The normalized spacial score (nSPS) is 16.8. The lowest BCUT2D eigenvalue weighted by Crippen LogP contribution is -2.65. The molecule has 1 aliphatic carbocycles. The van der Waals surface area contributed by atoms with Crippen LogP contribution in [0.5, 0.6) is 0 Å². The van der Waals surface area contributed by atoms with Crippen molar-refractivity contribution < 1.29 is 47.9 Å². The molecule has 0 bridgehead atoms. The molecule has 0 aromatic heterocycles. The van der Waals surface area contributed by atoms with Crippen LogP contribution in [0.2, 0.25) is 0 Å². The summed E-state index contributed by atoms with van der Waals surface area (Å²) in [5, 5.41) is 25.6. The van der Waals surface area contributed by atoms with E-state index >= 15 is 0 Å². The average Bonchev–Trinajstić information content (AvgIpc) is 3.86. The van der Waals surface area contributed by atoms with Gasteiger partial charge in [0.1, 0.15) is 46.8 Å². The number of carbonyl (C=O) groups is 10. The molecule has 2 aliphatic rings. The molecule has 2 rings (SSSR count). The number of likely N-dealkylation sites (N-methyl/N-ethyl adjacent to an activating group) is 1. The second kappa shape index (κ2) is 34.4. The summed E-state index contributed by atoms with van der Waals surface area (Å²) in [6, 6.07) is -5.08.